The SMILES string of the molecule is CC(C)S(=O)(=O)N(CCCCl)C1CCC1. The van der Waals surface area contributed by atoms with Crippen LogP contribution in [-0.2, 0) is 10.0 Å². The molecule has 0 spiro atoms. The van der Waals surface area contributed by atoms with E-state index in [9.17, 15) is 8.42 Å². The van der Waals surface area contributed by atoms with Gasteiger partial charge in [-0.1, -0.05) is 6.42 Å². The monoisotopic (exact) mass is 253 g/mol. The molecule has 3 nitrogen and oxygen atoms in total. The number of rotatable bonds is 6. The molecule has 90 valence electrons. The second kappa shape index (κ2) is 5.51. The van der Waals surface area contributed by atoms with Crippen LogP contribution in [0, 0.1) is 0 Å². The summed E-state index contributed by atoms with van der Waals surface area (Å²) in [4.78, 5) is 0. The molecule has 1 rings (SSSR count). The first-order valence-corrected chi connectivity index (χ1v) is 7.60. The van der Waals surface area contributed by atoms with Crippen molar-refractivity contribution in [1.82, 2.24) is 4.31 Å². The highest BCUT2D eigenvalue weighted by atomic mass is 35.5. The molecular formula is C10H20ClNO2S. The second-order valence-corrected chi connectivity index (χ2v) is 7.15. The average molecular weight is 254 g/mol. The molecule has 1 aliphatic carbocycles. The molecular weight excluding hydrogens is 234 g/mol. The normalized spacial score (nSPS) is 18.5. The predicted octanol–water partition coefficient (Wildman–Crippen LogP) is 2.21. The molecule has 1 fully saturated rings. The van der Waals surface area contributed by atoms with Crippen LogP contribution in [0.4, 0.5) is 0 Å². The molecule has 1 saturated carbocycles. The van der Waals surface area contributed by atoms with Crippen LogP contribution in [0.3, 0.4) is 0 Å². The molecule has 5 heteroatoms. The maximum atomic E-state index is 12.1. The number of hydrogen-bond donors (Lipinski definition) is 0. The Labute approximate surface area is 97.8 Å². The molecule has 15 heavy (non-hydrogen) atoms. The Bertz CT molecular complexity index is 286. The third kappa shape index (κ3) is 3.08. The average Bonchev–Trinajstić information content (AvgIpc) is 2.08. The Hall–Kier alpha value is 0.200. The topological polar surface area (TPSA) is 37.4 Å². The number of hydrogen-bond acceptors (Lipinski definition) is 2. The smallest absolute Gasteiger partial charge is 0.212 e. The molecule has 0 radical (unpaired) electrons. The lowest BCUT2D eigenvalue weighted by Gasteiger charge is -2.37. The van der Waals surface area contributed by atoms with Gasteiger partial charge in [-0.15, -0.1) is 11.6 Å². The molecule has 0 aromatic rings. The predicted molar refractivity (Wildman–Crippen MR) is 63.7 cm³/mol. The lowest BCUT2D eigenvalue weighted by atomic mass is 9.93. The van der Waals surface area contributed by atoms with Gasteiger partial charge in [0.15, 0.2) is 0 Å². The van der Waals surface area contributed by atoms with Gasteiger partial charge in [0.2, 0.25) is 10.0 Å². The second-order valence-electron chi connectivity index (χ2n) is 4.33. The van der Waals surface area contributed by atoms with Gasteiger partial charge < -0.3 is 0 Å². The van der Waals surface area contributed by atoms with Crippen LogP contribution in [0.5, 0.6) is 0 Å². The van der Waals surface area contributed by atoms with Crippen molar-refractivity contribution in [1.29, 1.82) is 0 Å². The van der Waals surface area contributed by atoms with E-state index in [1.807, 2.05) is 0 Å². The molecule has 0 aromatic heterocycles. The van der Waals surface area contributed by atoms with Crippen molar-refractivity contribution in [3.8, 4) is 0 Å². The van der Waals surface area contributed by atoms with Crippen molar-refractivity contribution in [2.75, 3.05) is 12.4 Å². The zero-order chi connectivity index (χ0) is 11.5. The summed E-state index contributed by atoms with van der Waals surface area (Å²) in [5.74, 6) is 0.525. The minimum absolute atomic E-state index is 0.237. The van der Waals surface area contributed by atoms with E-state index in [0.29, 0.717) is 12.4 Å². The highest BCUT2D eigenvalue weighted by Crippen LogP contribution is 2.28. The van der Waals surface area contributed by atoms with Crippen molar-refractivity contribution in [3.05, 3.63) is 0 Å². The van der Waals surface area contributed by atoms with Crippen molar-refractivity contribution in [2.45, 2.75) is 50.8 Å². The molecule has 0 aliphatic heterocycles. The fourth-order valence-corrected chi connectivity index (χ4v) is 3.35. The van der Waals surface area contributed by atoms with E-state index in [-0.39, 0.29) is 11.3 Å². The summed E-state index contributed by atoms with van der Waals surface area (Å²) in [6.45, 7) is 4.05. The maximum Gasteiger partial charge on any atom is 0.216 e. The third-order valence-corrected chi connectivity index (χ3v) is 5.51. The van der Waals surface area contributed by atoms with Gasteiger partial charge in [-0.3, -0.25) is 0 Å². The number of halogens is 1. The van der Waals surface area contributed by atoms with E-state index < -0.39 is 10.0 Å². The quantitative estimate of drug-likeness (QED) is 0.681. The molecule has 1 aliphatic rings. The van der Waals surface area contributed by atoms with Crippen LogP contribution >= 0.6 is 11.6 Å². The van der Waals surface area contributed by atoms with Crippen molar-refractivity contribution < 1.29 is 8.42 Å². The van der Waals surface area contributed by atoms with Crippen LogP contribution in [-0.4, -0.2) is 36.4 Å². The highest BCUT2D eigenvalue weighted by Gasteiger charge is 2.34. The third-order valence-electron chi connectivity index (χ3n) is 2.92. The summed E-state index contributed by atoms with van der Waals surface area (Å²) in [6.07, 6.45) is 3.90. The first-order valence-electron chi connectivity index (χ1n) is 5.56. The van der Waals surface area contributed by atoms with Crippen LogP contribution in [0.1, 0.15) is 39.5 Å². The van der Waals surface area contributed by atoms with Crippen molar-refractivity contribution >= 4 is 21.6 Å². The highest BCUT2D eigenvalue weighted by molar-refractivity contribution is 7.89. The van der Waals surface area contributed by atoms with Crippen LogP contribution in [0.2, 0.25) is 0 Å². The fourth-order valence-electron chi connectivity index (χ4n) is 1.68. The van der Waals surface area contributed by atoms with Gasteiger partial charge in [-0.05, 0) is 33.1 Å². The summed E-state index contributed by atoms with van der Waals surface area (Å²) < 4.78 is 25.8. The van der Waals surface area contributed by atoms with E-state index >= 15 is 0 Å². The van der Waals surface area contributed by atoms with Crippen LogP contribution < -0.4 is 0 Å². The summed E-state index contributed by atoms with van der Waals surface area (Å²) in [6, 6.07) is 0.237. The number of sulfonamides is 1. The van der Waals surface area contributed by atoms with Gasteiger partial charge in [0.25, 0.3) is 0 Å². The zero-order valence-corrected chi connectivity index (χ0v) is 11.0. The minimum atomic E-state index is -3.10. The Balaban J connectivity index is 2.70. The van der Waals surface area contributed by atoms with Gasteiger partial charge in [0, 0.05) is 18.5 Å². The first-order chi connectivity index (χ1) is 7.00. The van der Waals surface area contributed by atoms with Gasteiger partial charge in [0.05, 0.1) is 5.25 Å². The molecule has 0 atom stereocenters. The van der Waals surface area contributed by atoms with Gasteiger partial charge in [0.1, 0.15) is 0 Å². The van der Waals surface area contributed by atoms with E-state index in [2.05, 4.69) is 0 Å². The number of nitrogens with zero attached hydrogens (tertiary/aromatic N) is 1. The van der Waals surface area contributed by atoms with E-state index in [0.717, 1.165) is 25.7 Å². The molecule has 0 amide bonds. The van der Waals surface area contributed by atoms with Gasteiger partial charge >= 0.3 is 0 Å². The Morgan fingerprint density at radius 3 is 2.33 bits per heavy atom. The zero-order valence-electron chi connectivity index (χ0n) is 9.45. The first kappa shape index (κ1) is 13.3. The summed E-state index contributed by atoms with van der Waals surface area (Å²) in [5.41, 5.74) is 0. The van der Waals surface area contributed by atoms with E-state index in [1.165, 1.54) is 0 Å². The summed E-state index contributed by atoms with van der Waals surface area (Å²) >= 11 is 5.62. The largest absolute Gasteiger partial charge is 0.216 e. The Morgan fingerprint density at radius 2 is 2.00 bits per heavy atom. The van der Waals surface area contributed by atoms with Crippen LogP contribution in [0.25, 0.3) is 0 Å². The number of alkyl halides is 1. The molecule has 0 unspecified atom stereocenters. The maximum absolute atomic E-state index is 12.1. The minimum Gasteiger partial charge on any atom is -0.212 e. The molecule has 0 saturated heterocycles. The van der Waals surface area contributed by atoms with Crippen molar-refractivity contribution in [3.63, 3.8) is 0 Å². The van der Waals surface area contributed by atoms with Crippen molar-refractivity contribution in [2.24, 2.45) is 0 Å². The molecule has 0 N–H and O–H groups in total. The van der Waals surface area contributed by atoms with Gasteiger partial charge in [-0.2, -0.15) is 4.31 Å². The Morgan fingerprint density at radius 1 is 1.40 bits per heavy atom. The molecule has 0 heterocycles. The Kier molecular flexibility index (Phi) is 4.87. The van der Waals surface area contributed by atoms with E-state index in [4.69, 9.17) is 11.6 Å². The molecule has 0 bridgehead atoms. The van der Waals surface area contributed by atoms with Crippen LogP contribution in [0.15, 0.2) is 0 Å². The molecule has 0 aromatic carbocycles. The standard InChI is InChI=1S/C10H20ClNO2S/c1-9(2)15(13,14)12(8-4-7-11)10-5-3-6-10/h9-10H,3-8H2,1-2H3. The van der Waals surface area contributed by atoms with Gasteiger partial charge in [-0.25, -0.2) is 8.42 Å². The van der Waals surface area contributed by atoms with E-state index in [1.54, 1.807) is 18.2 Å². The summed E-state index contributed by atoms with van der Waals surface area (Å²) in [7, 11) is -3.10. The lowest BCUT2D eigenvalue weighted by Crippen LogP contribution is -2.47. The summed E-state index contributed by atoms with van der Waals surface area (Å²) in [5, 5.41) is -0.326. The fraction of sp³-hybridized carbons (Fsp3) is 1.00. The lowest BCUT2D eigenvalue weighted by molar-refractivity contribution is 0.218.